The predicted molar refractivity (Wildman–Crippen MR) is 126 cm³/mol. The first-order chi connectivity index (χ1) is 16.3. The number of aromatic nitrogens is 3. The molecule has 1 aromatic carbocycles. The smallest absolute Gasteiger partial charge is 0.298 e. The highest BCUT2D eigenvalue weighted by atomic mass is 16.2. The molecule has 0 radical (unpaired) electrons. The molecule has 3 amide bonds. The lowest BCUT2D eigenvalue weighted by Crippen LogP contribution is -2.33. The summed E-state index contributed by atoms with van der Waals surface area (Å²) in [4.78, 5) is 47.1. The number of hydrogen-bond donors (Lipinski definition) is 3. The van der Waals surface area contributed by atoms with E-state index in [1.54, 1.807) is 36.5 Å². The molecule has 5 N–H and O–H groups in total. The fraction of sp³-hybridized carbons (Fsp3) is 0.208. The van der Waals surface area contributed by atoms with Gasteiger partial charge in [0.25, 0.3) is 17.7 Å². The molecular formula is C24H23N7O3. The van der Waals surface area contributed by atoms with E-state index in [1.165, 1.54) is 4.90 Å². The van der Waals surface area contributed by atoms with Crippen LogP contribution in [-0.2, 0) is 4.79 Å². The van der Waals surface area contributed by atoms with E-state index in [9.17, 15) is 14.4 Å². The molecule has 1 atom stereocenters. The molecule has 4 rings (SSSR count). The maximum absolute atomic E-state index is 12.6. The summed E-state index contributed by atoms with van der Waals surface area (Å²) in [5, 5.41) is 2.73. The highest BCUT2D eigenvalue weighted by molar-refractivity contribution is 6.04. The van der Waals surface area contributed by atoms with Crippen LogP contribution in [0.2, 0.25) is 0 Å². The molecule has 0 spiro atoms. The Morgan fingerprint density at radius 3 is 2.53 bits per heavy atom. The molecule has 0 aliphatic carbocycles. The van der Waals surface area contributed by atoms with Gasteiger partial charge in [0.15, 0.2) is 11.5 Å². The summed E-state index contributed by atoms with van der Waals surface area (Å²) in [6, 6.07) is 9.59. The maximum Gasteiger partial charge on any atom is 0.298 e. The molecule has 1 aliphatic rings. The molecule has 10 heteroatoms. The first kappa shape index (κ1) is 22.5. The van der Waals surface area contributed by atoms with Gasteiger partial charge < -0.3 is 21.8 Å². The van der Waals surface area contributed by atoms with Crippen molar-refractivity contribution in [2.24, 2.45) is 5.73 Å². The van der Waals surface area contributed by atoms with E-state index < -0.39 is 17.9 Å². The number of terminal acetylenes is 1. The van der Waals surface area contributed by atoms with Crippen molar-refractivity contribution in [1.29, 1.82) is 0 Å². The van der Waals surface area contributed by atoms with Gasteiger partial charge in [0.1, 0.15) is 11.5 Å². The Hall–Kier alpha value is -4.65. The number of aryl methyl sites for hydroxylation is 1. The van der Waals surface area contributed by atoms with Gasteiger partial charge in [-0.05, 0) is 49.4 Å². The number of nitrogen functional groups attached to an aromatic ring is 1. The third-order valence-corrected chi connectivity index (χ3v) is 5.68. The number of imidazole rings is 1. The highest BCUT2D eigenvalue weighted by Gasteiger charge is 2.35. The van der Waals surface area contributed by atoms with Crippen LogP contribution < -0.4 is 16.9 Å². The van der Waals surface area contributed by atoms with Gasteiger partial charge in [0, 0.05) is 23.9 Å². The lowest BCUT2D eigenvalue weighted by atomic mass is 10.1. The second-order valence-electron chi connectivity index (χ2n) is 7.95. The fourth-order valence-corrected chi connectivity index (χ4v) is 3.99. The van der Waals surface area contributed by atoms with Crippen LogP contribution in [0.25, 0.3) is 11.3 Å². The number of nitrogens with two attached hydrogens (primary N) is 2. The lowest BCUT2D eigenvalue weighted by Gasteiger charge is -2.21. The molecule has 3 heterocycles. The number of nitrogens with one attached hydrogen (secondary N) is 1. The molecular weight excluding hydrogens is 434 g/mol. The standard InChI is InChI=1S/C24H23N7O3/c1-3-19(32)30-12-4-5-17(30)23-29-20(21(22(25)33)31(23)26)15-7-9-16(10-8-15)24(34)28-18-11-6-14(2)13-27-18/h1,6-11,13,17H,4-5,12,26H2,2H3,(H2,25,33)(H,27,28,34)/t17-/m0/s1. The number of carbonyl (C=O) groups excluding carboxylic acids is 3. The minimum Gasteiger partial charge on any atom is -0.364 e. The average molecular weight is 457 g/mol. The molecule has 1 aliphatic heterocycles. The molecule has 0 unspecified atom stereocenters. The van der Waals surface area contributed by atoms with E-state index in [-0.39, 0.29) is 17.3 Å². The van der Waals surface area contributed by atoms with Crippen LogP contribution in [0.4, 0.5) is 5.82 Å². The van der Waals surface area contributed by atoms with Gasteiger partial charge in [-0.25, -0.2) is 14.6 Å². The zero-order valence-corrected chi connectivity index (χ0v) is 18.5. The topological polar surface area (TPSA) is 149 Å². The number of primary amides is 1. The Morgan fingerprint density at radius 2 is 1.91 bits per heavy atom. The third kappa shape index (κ3) is 4.19. The van der Waals surface area contributed by atoms with E-state index in [4.69, 9.17) is 18.0 Å². The maximum atomic E-state index is 12.6. The molecule has 1 saturated heterocycles. The van der Waals surface area contributed by atoms with E-state index in [0.29, 0.717) is 35.7 Å². The van der Waals surface area contributed by atoms with Crippen LogP contribution >= 0.6 is 0 Å². The number of rotatable bonds is 5. The first-order valence-electron chi connectivity index (χ1n) is 10.6. The largest absolute Gasteiger partial charge is 0.364 e. The SMILES string of the molecule is C#CC(=O)N1CCC[C@H]1c1nc(-c2ccc(C(=O)Nc3ccc(C)cn3)cc2)c(C(N)=O)n1N. The Bertz CT molecular complexity index is 1300. The van der Waals surface area contributed by atoms with Gasteiger partial charge in [-0.3, -0.25) is 14.4 Å². The fourth-order valence-electron chi connectivity index (χ4n) is 3.99. The number of hydrogen-bond acceptors (Lipinski definition) is 6. The average Bonchev–Trinajstić information content (AvgIpc) is 3.44. The normalized spacial score (nSPS) is 15.1. The van der Waals surface area contributed by atoms with Crippen molar-refractivity contribution in [3.8, 4) is 23.6 Å². The van der Waals surface area contributed by atoms with E-state index in [1.807, 2.05) is 13.0 Å². The minimum atomic E-state index is -0.767. The summed E-state index contributed by atoms with van der Waals surface area (Å²) < 4.78 is 1.12. The summed E-state index contributed by atoms with van der Waals surface area (Å²) >= 11 is 0. The van der Waals surface area contributed by atoms with Crippen LogP contribution in [0.3, 0.4) is 0 Å². The molecule has 0 saturated carbocycles. The number of benzene rings is 1. The van der Waals surface area contributed by atoms with E-state index in [0.717, 1.165) is 16.7 Å². The number of likely N-dealkylation sites (tertiary alicyclic amines) is 1. The van der Waals surface area contributed by atoms with Crippen LogP contribution in [0.1, 0.15) is 51.1 Å². The number of pyridine rings is 1. The van der Waals surface area contributed by atoms with Crippen molar-refractivity contribution in [3.05, 3.63) is 65.2 Å². The molecule has 172 valence electrons. The van der Waals surface area contributed by atoms with E-state index >= 15 is 0 Å². The van der Waals surface area contributed by atoms with Crippen LogP contribution in [0.5, 0.6) is 0 Å². The second-order valence-corrected chi connectivity index (χ2v) is 7.95. The highest BCUT2D eigenvalue weighted by Crippen LogP contribution is 2.34. The molecule has 3 aromatic rings. The van der Waals surface area contributed by atoms with Crippen molar-refractivity contribution in [3.63, 3.8) is 0 Å². The lowest BCUT2D eigenvalue weighted by molar-refractivity contribution is -0.126. The zero-order chi connectivity index (χ0) is 24.4. The van der Waals surface area contributed by atoms with Crippen molar-refractivity contribution in [1.82, 2.24) is 19.5 Å². The first-order valence-corrected chi connectivity index (χ1v) is 10.6. The van der Waals surface area contributed by atoms with Crippen molar-refractivity contribution in [2.75, 3.05) is 17.7 Å². The van der Waals surface area contributed by atoms with Crippen molar-refractivity contribution in [2.45, 2.75) is 25.8 Å². The van der Waals surface area contributed by atoms with Crippen LogP contribution in [0, 0.1) is 19.3 Å². The number of carbonyl (C=O) groups is 3. The van der Waals surface area contributed by atoms with Crippen LogP contribution in [0.15, 0.2) is 42.6 Å². The Morgan fingerprint density at radius 1 is 1.18 bits per heavy atom. The molecule has 34 heavy (non-hydrogen) atoms. The predicted octanol–water partition coefficient (Wildman–Crippen LogP) is 1.62. The second kappa shape index (κ2) is 9.07. The van der Waals surface area contributed by atoms with Crippen LogP contribution in [-0.4, -0.2) is 43.8 Å². The molecule has 10 nitrogen and oxygen atoms in total. The van der Waals surface area contributed by atoms with Gasteiger partial charge in [0.2, 0.25) is 0 Å². The summed E-state index contributed by atoms with van der Waals surface area (Å²) in [7, 11) is 0. The summed E-state index contributed by atoms with van der Waals surface area (Å²) in [5.41, 5.74) is 7.76. The number of nitrogens with zero attached hydrogens (tertiary/aromatic N) is 4. The van der Waals surface area contributed by atoms with Crippen molar-refractivity contribution >= 4 is 23.5 Å². The van der Waals surface area contributed by atoms with Crippen molar-refractivity contribution < 1.29 is 14.4 Å². The Kier molecular flexibility index (Phi) is 6.01. The molecule has 1 fully saturated rings. The molecule has 2 aromatic heterocycles. The number of anilines is 1. The zero-order valence-electron chi connectivity index (χ0n) is 18.5. The van der Waals surface area contributed by atoms with Gasteiger partial charge in [-0.2, -0.15) is 0 Å². The minimum absolute atomic E-state index is 0.00364. The monoisotopic (exact) mass is 457 g/mol. The van der Waals surface area contributed by atoms with Gasteiger partial charge >= 0.3 is 0 Å². The Labute approximate surface area is 195 Å². The Balaban J connectivity index is 1.64. The summed E-state index contributed by atoms with van der Waals surface area (Å²) in [6.45, 7) is 2.38. The van der Waals surface area contributed by atoms with Gasteiger partial charge in [-0.1, -0.05) is 18.2 Å². The van der Waals surface area contributed by atoms with Gasteiger partial charge in [0.05, 0.1) is 6.04 Å². The summed E-state index contributed by atoms with van der Waals surface area (Å²) in [6.07, 6.45) is 8.28. The molecule has 0 bridgehead atoms. The summed E-state index contributed by atoms with van der Waals surface area (Å²) in [5.74, 6) is 7.49. The van der Waals surface area contributed by atoms with Gasteiger partial charge in [-0.15, -0.1) is 6.42 Å². The quantitative estimate of drug-likeness (QED) is 0.391. The number of amides is 3. The van der Waals surface area contributed by atoms with E-state index in [2.05, 4.69) is 21.2 Å². The third-order valence-electron chi connectivity index (χ3n) is 5.68.